The molecule has 2 heterocycles. The van der Waals surface area contributed by atoms with Crippen LogP contribution < -0.4 is 11.4 Å². The summed E-state index contributed by atoms with van der Waals surface area (Å²) in [5.41, 5.74) is 13.5. The Bertz CT molecular complexity index is 540. The number of nitrogens with zero attached hydrogens (tertiary/aromatic N) is 5. The molecule has 0 radical (unpaired) electrons. The van der Waals surface area contributed by atoms with Gasteiger partial charge in [-0.1, -0.05) is 5.11 Å². The molecule has 0 spiro atoms. The molecule has 0 amide bonds. The first kappa shape index (κ1) is 12.7. The topological polar surface area (TPSA) is 130 Å². The van der Waals surface area contributed by atoms with E-state index in [2.05, 4.69) is 15.0 Å². The van der Waals surface area contributed by atoms with Gasteiger partial charge in [0.15, 0.2) is 0 Å². The van der Waals surface area contributed by atoms with E-state index in [0.717, 1.165) is 0 Å². The van der Waals surface area contributed by atoms with Crippen LogP contribution in [0.1, 0.15) is 11.8 Å². The van der Waals surface area contributed by atoms with Gasteiger partial charge in [-0.05, 0) is 18.0 Å². The summed E-state index contributed by atoms with van der Waals surface area (Å²) < 4.78 is 1.38. The van der Waals surface area contributed by atoms with Gasteiger partial charge in [-0.25, -0.2) is 4.79 Å². The first-order valence-electron chi connectivity index (χ1n) is 5.31. The SMILES string of the molecule is [N-]=[N+]=N[C@H]1C[C@@H](CO)S[C@H]1n1ccc(N)nc1=O. The van der Waals surface area contributed by atoms with Crippen molar-refractivity contribution in [3.8, 4) is 0 Å². The Hall–Kier alpha value is -1.70. The molecule has 0 aliphatic carbocycles. The molecule has 1 saturated heterocycles. The van der Waals surface area contributed by atoms with Gasteiger partial charge in [0.25, 0.3) is 0 Å². The number of anilines is 1. The average Bonchev–Trinajstić information content (AvgIpc) is 2.73. The molecule has 9 heteroatoms. The minimum absolute atomic E-state index is 0.0181. The summed E-state index contributed by atoms with van der Waals surface area (Å²) in [5, 5.41) is 12.4. The number of hydrogen-bond acceptors (Lipinski definition) is 6. The highest BCUT2D eigenvalue weighted by atomic mass is 32.2. The second-order valence-corrected chi connectivity index (χ2v) is 5.30. The van der Waals surface area contributed by atoms with Crippen LogP contribution in [-0.4, -0.2) is 32.6 Å². The van der Waals surface area contributed by atoms with Crippen molar-refractivity contribution in [1.29, 1.82) is 0 Å². The highest BCUT2D eigenvalue weighted by molar-refractivity contribution is 8.00. The Labute approximate surface area is 106 Å². The maximum absolute atomic E-state index is 11.7. The molecule has 3 N–H and O–H groups in total. The molecular formula is C9H12N6O2S. The molecule has 1 aliphatic heterocycles. The van der Waals surface area contributed by atoms with E-state index in [1.807, 2.05) is 0 Å². The van der Waals surface area contributed by atoms with Crippen LogP contribution in [0.25, 0.3) is 10.4 Å². The molecule has 1 fully saturated rings. The highest BCUT2D eigenvalue weighted by Crippen LogP contribution is 2.42. The highest BCUT2D eigenvalue weighted by Gasteiger charge is 2.35. The Morgan fingerprint density at radius 3 is 3.17 bits per heavy atom. The zero-order valence-corrected chi connectivity index (χ0v) is 10.2. The van der Waals surface area contributed by atoms with E-state index >= 15 is 0 Å². The maximum atomic E-state index is 11.7. The number of aromatic nitrogens is 2. The van der Waals surface area contributed by atoms with Crippen LogP contribution >= 0.6 is 11.8 Å². The molecule has 0 saturated carbocycles. The minimum Gasteiger partial charge on any atom is -0.395 e. The van der Waals surface area contributed by atoms with Gasteiger partial charge in [0.05, 0.1) is 18.0 Å². The van der Waals surface area contributed by atoms with Crippen LogP contribution in [0.15, 0.2) is 22.2 Å². The number of rotatable bonds is 3. The first-order chi connectivity index (χ1) is 8.65. The number of hydrogen-bond donors (Lipinski definition) is 2. The van der Waals surface area contributed by atoms with E-state index < -0.39 is 5.69 Å². The van der Waals surface area contributed by atoms with Gasteiger partial charge in [-0.15, -0.1) is 11.8 Å². The Balaban J connectivity index is 2.35. The van der Waals surface area contributed by atoms with E-state index in [1.54, 1.807) is 0 Å². The van der Waals surface area contributed by atoms with Crippen LogP contribution in [0.2, 0.25) is 0 Å². The summed E-state index contributed by atoms with van der Waals surface area (Å²) in [6.45, 7) is -0.0181. The van der Waals surface area contributed by atoms with E-state index in [1.165, 1.54) is 28.6 Å². The van der Waals surface area contributed by atoms with E-state index in [0.29, 0.717) is 6.42 Å². The normalized spacial score (nSPS) is 26.8. The quantitative estimate of drug-likeness (QED) is 0.468. The van der Waals surface area contributed by atoms with Crippen LogP contribution in [0.5, 0.6) is 0 Å². The van der Waals surface area contributed by atoms with Crippen molar-refractivity contribution in [2.75, 3.05) is 12.3 Å². The lowest BCUT2D eigenvalue weighted by Gasteiger charge is -2.16. The second kappa shape index (κ2) is 5.30. The van der Waals surface area contributed by atoms with Gasteiger partial charge < -0.3 is 10.8 Å². The standard InChI is InChI=1S/C9H12N6O2S/c10-7-1-2-15(9(17)12-7)8-6(13-14-11)3-5(4-16)18-8/h1-2,5-6,8,16H,3-4H2,(H2,10,12,17)/t5-,6-,8+/m0/s1. The molecule has 0 aromatic carbocycles. The van der Waals surface area contributed by atoms with Crippen molar-refractivity contribution in [3.63, 3.8) is 0 Å². The fraction of sp³-hybridized carbons (Fsp3) is 0.556. The molecule has 1 aliphatic rings. The largest absolute Gasteiger partial charge is 0.395 e. The zero-order chi connectivity index (χ0) is 13.1. The van der Waals surface area contributed by atoms with Crippen LogP contribution in [0.3, 0.4) is 0 Å². The molecule has 3 atom stereocenters. The van der Waals surface area contributed by atoms with Gasteiger partial charge in [-0.3, -0.25) is 4.57 Å². The number of aliphatic hydroxyl groups is 1. The maximum Gasteiger partial charge on any atom is 0.350 e. The van der Waals surface area contributed by atoms with E-state index in [9.17, 15) is 4.79 Å². The van der Waals surface area contributed by atoms with E-state index in [4.69, 9.17) is 16.4 Å². The fourth-order valence-corrected chi connectivity index (χ4v) is 3.31. The van der Waals surface area contributed by atoms with Crippen molar-refractivity contribution in [1.82, 2.24) is 9.55 Å². The Morgan fingerprint density at radius 1 is 1.78 bits per heavy atom. The van der Waals surface area contributed by atoms with E-state index in [-0.39, 0.29) is 29.1 Å². The number of thioether (sulfide) groups is 1. The van der Waals surface area contributed by atoms with Crippen molar-refractivity contribution < 1.29 is 5.11 Å². The fourth-order valence-electron chi connectivity index (χ4n) is 1.89. The number of nitrogen functional groups attached to an aromatic ring is 1. The van der Waals surface area contributed by atoms with Gasteiger partial charge in [-0.2, -0.15) is 4.98 Å². The van der Waals surface area contributed by atoms with Crippen molar-refractivity contribution in [2.45, 2.75) is 23.1 Å². The van der Waals surface area contributed by atoms with Crippen molar-refractivity contribution >= 4 is 17.6 Å². The lowest BCUT2D eigenvalue weighted by molar-refractivity contribution is 0.289. The van der Waals surface area contributed by atoms with Crippen molar-refractivity contribution in [2.24, 2.45) is 5.11 Å². The zero-order valence-electron chi connectivity index (χ0n) is 9.38. The molecular weight excluding hydrogens is 256 g/mol. The molecule has 96 valence electrons. The number of aliphatic hydroxyl groups excluding tert-OH is 1. The summed E-state index contributed by atoms with van der Waals surface area (Å²) in [7, 11) is 0. The molecule has 0 bridgehead atoms. The van der Waals surface area contributed by atoms with Crippen LogP contribution in [-0.2, 0) is 0 Å². The molecule has 2 rings (SSSR count). The molecule has 18 heavy (non-hydrogen) atoms. The minimum atomic E-state index is -0.482. The van der Waals surface area contributed by atoms with Gasteiger partial charge in [0.2, 0.25) is 0 Å². The predicted molar refractivity (Wildman–Crippen MR) is 68.0 cm³/mol. The summed E-state index contributed by atoms with van der Waals surface area (Å²) in [6.07, 6.45) is 2.06. The third-order valence-electron chi connectivity index (χ3n) is 2.69. The Morgan fingerprint density at radius 2 is 2.56 bits per heavy atom. The smallest absolute Gasteiger partial charge is 0.350 e. The predicted octanol–water partition coefficient (Wildman–Crippen LogP) is 0.501. The van der Waals surface area contributed by atoms with Gasteiger partial charge in [0, 0.05) is 16.4 Å². The molecule has 0 unspecified atom stereocenters. The van der Waals surface area contributed by atoms with Gasteiger partial charge in [0.1, 0.15) is 5.82 Å². The number of nitrogens with two attached hydrogens (primary N) is 1. The van der Waals surface area contributed by atoms with Gasteiger partial charge >= 0.3 is 5.69 Å². The van der Waals surface area contributed by atoms with Crippen molar-refractivity contribution in [3.05, 3.63) is 33.2 Å². The third-order valence-corrected chi connectivity index (χ3v) is 4.24. The summed E-state index contributed by atoms with van der Waals surface area (Å²) in [6, 6.07) is 1.14. The third kappa shape index (κ3) is 2.42. The van der Waals surface area contributed by atoms with Crippen LogP contribution in [0.4, 0.5) is 5.82 Å². The lowest BCUT2D eigenvalue weighted by atomic mass is 10.2. The summed E-state index contributed by atoms with van der Waals surface area (Å²) in [5.74, 6) is 0.151. The summed E-state index contributed by atoms with van der Waals surface area (Å²) >= 11 is 1.40. The molecule has 1 aromatic rings. The molecule has 8 nitrogen and oxygen atoms in total. The molecule has 1 aromatic heterocycles. The second-order valence-electron chi connectivity index (χ2n) is 3.88. The Kier molecular flexibility index (Phi) is 3.75. The monoisotopic (exact) mass is 268 g/mol. The first-order valence-corrected chi connectivity index (χ1v) is 6.25. The summed E-state index contributed by atoms with van der Waals surface area (Å²) in [4.78, 5) is 18.2. The average molecular weight is 268 g/mol. The lowest BCUT2D eigenvalue weighted by Crippen LogP contribution is -2.29. The van der Waals surface area contributed by atoms with Crippen LogP contribution in [0, 0.1) is 0 Å². The number of azide groups is 1.